The second kappa shape index (κ2) is 4.06. The maximum atomic E-state index is 12.2. The molecule has 0 spiro atoms. The molecule has 0 saturated heterocycles. The maximum absolute atomic E-state index is 12.2. The van der Waals surface area contributed by atoms with Gasteiger partial charge in [-0.05, 0) is 12.1 Å². The van der Waals surface area contributed by atoms with E-state index < -0.39 is 32.6 Å². The van der Waals surface area contributed by atoms with Crippen molar-refractivity contribution in [1.29, 1.82) is 0 Å². The zero-order valence-corrected chi connectivity index (χ0v) is 8.02. The highest BCUT2D eigenvalue weighted by atomic mass is 35.5. The summed E-state index contributed by atoms with van der Waals surface area (Å²) < 4.78 is 24.3. The first-order valence-corrected chi connectivity index (χ1v) is 4.10. The Balaban J connectivity index is 3.32. The van der Waals surface area contributed by atoms with Gasteiger partial charge < -0.3 is 0 Å². The molecule has 0 radical (unpaired) electrons. The first-order chi connectivity index (χ1) is 6.43. The van der Waals surface area contributed by atoms with Gasteiger partial charge >= 0.3 is 5.69 Å². The molecule has 3 nitrogen and oxygen atoms in total. The number of benzene rings is 1. The summed E-state index contributed by atoms with van der Waals surface area (Å²) in [5.41, 5.74) is -0.997. The first kappa shape index (κ1) is 11.1. The second-order valence-corrected chi connectivity index (χ2v) is 3.21. The van der Waals surface area contributed by atoms with Gasteiger partial charge in [0.25, 0.3) is 6.43 Å². The van der Waals surface area contributed by atoms with Crippen LogP contribution in [0.1, 0.15) is 12.0 Å². The van der Waals surface area contributed by atoms with E-state index in [9.17, 15) is 18.9 Å². The highest BCUT2D eigenvalue weighted by molar-refractivity contribution is 6.38. The molecule has 0 amide bonds. The lowest BCUT2D eigenvalue weighted by atomic mass is 10.2. The maximum Gasteiger partial charge on any atom is 0.306 e. The molecule has 1 aromatic carbocycles. The third kappa shape index (κ3) is 2.10. The second-order valence-electron chi connectivity index (χ2n) is 2.39. The standard InChI is InChI=1S/C7H3Cl2F2NO2/c8-4-1-3(7(10)11)2-5(9)6(4)12(13)14/h1-2,7H. The van der Waals surface area contributed by atoms with E-state index >= 15 is 0 Å². The fourth-order valence-corrected chi connectivity index (χ4v) is 1.53. The van der Waals surface area contributed by atoms with Gasteiger partial charge in [-0.1, -0.05) is 23.2 Å². The fraction of sp³-hybridized carbons (Fsp3) is 0.143. The van der Waals surface area contributed by atoms with E-state index in [1.54, 1.807) is 0 Å². The van der Waals surface area contributed by atoms with Gasteiger partial charge in [0.15, 0.2) is 0 Å². The van der Waals surface area contributed by atoms with Gasteiger partial charge in [-0.3, -0.25) is 10.1 Å². The molecule has 0 unspecified atom stereocenters. The number of halogens is 4. The molecular formula is C7H3Cl2F2NO2. The van der Waals surface area contributed by atoms with Crippen LogP contribution in [-0.2, 0) is 0 Å². The summed E-state index contributed by atoms with van der Waals surface area (Å²) in [5.74, 6) is 0. The van der Waals surface area contributed by atoms with Gasteiger partial charge in [0, 0.05) is 5.56 Å². The Kier molecular flexibility index (Phi) is 3.23. The van der Waals surface area contributed by atoms with Crippen molar-refractivity contribution in [2.24, 2.45) is 0 Å². The van der Waals surface area contributed by atoms with E-state index in [2.05, 4.69) is 0 Å². The minimum Gasteiger partial charge on any atom is -0.258 e. The van der Waals surface area contributed by atoms with E-state index in [4.69, 9.17) is 23.2 Å². The largest absolute Gasteiger partial charge is 0.306 e. The average molecular weight is 242 g/mol. The molecule has 14 heavy (non-hydrogen) atoms. The van der Waals surface area contributed by atoms with Crippen LogP contribution < -0.4 is 0 Å². The number of hydrogen-bond donors (Lipinski definition) is 0. The summed E-state index contributed by atoms with van der Waals surface area (Å²) >= 11 is 10.8. The van der Waals surface area contributed by atoms with E-state index in [-0.39, 0.29) is 0 Å². The Morgan fingerprint density at radius 2 is 1.71 bits per heavy atom. The lowest BCUT2D eigenvalue weighted by molar-refractivity contribution is -0.384. The highest BCUT2D eigenvalue weighted by Crippen LogP contribution is 2.36. The summed E-state index contributed by atoms with van der Waals surface area (Å²) in [6, 6.07) is 1.66. The molecule has 0 atom stereocenters. The molecule has 1 aromatic rings. The zero-order chi connectivity index (χ0) is 10.9. The summed E-state index contributed by atoms with van der Waals surface area (Å²) in [6.07, 6.45) is -2.76. The first-order valence-electron chi connectivity index (χ1n) is 3.35. The average Bonchev–Trinajstić information content (AvgIpc) is 2.01. The zero-order valence-electron chi connectivity index (χ0n) is 6.51. The molecule has 76 valence electrons. The summed E-state index contributed by atoms with van der Waals surface area (Å²) in [5, 5.41) is 9.59. The SMILES string of the molecule is O=[N+]([O-])c1c(Cl)cc(C(F)F)cc1Cl. The predicted octanol–water partition coefficient (Wildman–Crippen LogP) is 3.84. The lowest BCUT2D eigenvalue weighted by Crippen LogP contribution is -1.93. The molecule has 0 aliphatic rings. The molecular weight excluding hydrogens is 239 g/mol. The van der Waals surface area contributed by atoms with Gasteiger partial charge in [-0.25, -0.2) is 8.78 Å². The van der Waals surface area contributed by atoms with Crippen molar-refractivity contribution in [2.45, 2.75) is 6.43 Å². The molecule has 0 aliphatic carbocycles. The smallest absolute Gasteiger partial charge is 0.258 e. The molecule has 0 aliphatic heterocycles. The van der Waals surface area contributed by atoms with Gasteiger partial charge in [0.2, 0.25) is 0 Å². The third-order valence-electron chi connectivity index (χ3n) is 1.47. The minimum absolute atomic E-state index is 0.391. The number of nitro benzene ring substituents is 1. The van der Waals surface area contributed by atoms with E-state index in [1.807, 2.05) is 0 Å². The van der Waals surface area contributed by atoms with E-state index in [0.29, 0.717) is 0 Å². The molecule has 0 saturated carbocycles. The molecule has 7 heteroatoms. The van der Waals surface area contributed by atoms with Crippen molar-refractivity contribution in [3.05, 3.63) is 37.9 Å². The Labute approximate surface area is 87.4 Å². The van der Waals surface area contributed by atoms with Crippen molar-refractivity contribution >= 4 is 28.9 Å². The van der Waals surface area contributed by atoms with Gasteiger partial charge in [0.1, 0.15) is 10.0 Å². The molecule has 0 N–H and O–H groups in total. The van der Waals surface area contributed by atoms with E-state index in [0.717, 1.165) is 12.1 Å². The van der Waals surface area contributed by atoms with Crippen LogP contribution in [0.5, 0.6) is 0 Å². The molecule has 0 aromatic heterocycles. The number of hydrogen-bond acceptors (Lipinski definition) is 2. The van der Waals surface area contributed by atoms with Crippen molar-refractivity contribution < 1.29 is 13.7 Å². The molecule has 0 heterocycles. The predicted molar refractivity (Wildman–Crippen MR) is 48.1 cm³/mol. The summed E-state index contributed by atoms with van der Waals surface area (Å²) in [4.78, 5) is 9.55. The minimum atomic E-state index is -2.76. The van der Waals surface area contributed by atoms with Crippen LogP contribution in [0, 0.1) is 10.1 Å². The molecule has 0 fully saturated rings. The van der Waals surface area contributed by atoms with Crippen LogP contribution in [0.3, 0.4) is 0 Å². The van der Waals surface area contributed by atoms with Crippen LogP contribution in [0.15, 0.2) is 12.1 Å². The van der Waals surface area contributed by atoms with Crippen molar-refractivity contribution in [2.75, 3.05) is 0 Å². The van der Waals surface area contributed by atoms with Gasteiger partial charge in [-0.15, -0.1) is 0 Å². The lowest BCUT2D eigenvalue weighted by Gasteiger charge is -2.02. The van der Waals surface area contributed by atoms with Crippen LogP contribution in [0.4, 0.5) is 14.5 Å². The topological polar surface area (TPSA) is 43.1 Å². The fourth-order valence-electron chi connectivity index (χ4n) is 0.886. The van der Waals surface area contributed by atoms with Gasteiger partial charge in [-0.2, -0.15) is 0 Å². The van der Waals surface area contributed by atoms with Crippen LogP contribution in [0.25, 0.3) is 0 Å². The molecule has 0 bridgehead atoms. The number of nitro groups is 1. The Hall–Kier alpha value is -0.940. The number of alkyl halides is 2. The van der Waals surface area contributed by atoms with Crippen molar-refractivity contribution in [3.8, 4) is 0 Å². The third-order valence-corrected chi connectivity index (χ3v) is 2.05. The summed E-state index contributed by atoms with van der Waals surface area (Å²) in [7, 11) is 0. The van der Waals surface area contributed by atoms with Crippen LogP contribution in [-0.4, -0.2) is 4.92 Å². The van der Waals surface area contributed by atoms with Gasteiger partial charge in [0.05, 0.1) is 4.92 Å². The quantitative estimate of drug-likeness (QED) is 0.584. The van der Waals surface area contributed by atoms with Crippen molar-refractivity contribution in [1.82, 2.24) is 0 Å². The number of nitrogens with zero attached hydrogens (tertiary/aromatic N) is 1. The summed E-state index contributed by atoms with van der Waals surface area (Å²) in [6.45, 7) is 0. The monoisotopic (exact) mass is 241 g/mol. The Bertz CT molecular complexity index is 361. The van der Waals surface area contributed by atoms with Crippen LogP contribution in [0.2, 0.25) is 10.0 Å². The Morgan fingerprint density at radius 1 is 1.29 bits per heavy atom. The van der Waals surface area contributed by atoms with Crippen molar-refractivity contribution in [3.63, 3.8) is 0 Å². The van der Waals surface area contributed by atoms with Crippen LogP contribution >= 0.6 is 23.2 Å². The van der Waals surface area contributed by atoms with E-state index in [1.165, 1.54) is 0 Å². The normalized spacial score (nSPS) is 10.6. The Morgan fingerprint density at radius 3 is 2.00 bits per heavy atom. The number of rotatable bonds is 2. The highest BCUT2D eigenvalue weighted by Gasteiger charge is 2.21. The molecule has 1 rings (SSSR count).